The molecule has 5 rings (SSSR count). The van der Waals surface area contributed by atoms with Crippen LogP contribution in [0.4, 0.5) is 5.82 Å². The van der Waals surface area contributed by atoms with Crippen LogP contribution in [0.25, 0.3) is 16.8 Å². The molecule has 0 radical (unpaired) electrons. The monoisotopic (exact) mass is 483 g/mol. The van der Waals surface area contributed by atoms with Gasteiger partial charge in [0.25, 0.3) is 0 Å². The number of carboxylic acid groups (broad SMARTS) is 1. The summed E-state index contributed by atoms with van der Waals surface area (Å²) in [6, 6.07) is 23.0. The number of carbonyl (C=O) groups is 2. The predicted octanol–water partition coefficient (Wildman–Crippen LogP) is 6.02. The number of hydrogen-bond donors (Lipinski definition) is 2. The van der Waals surface area contributed by atoms with Crippen LogP contribution in [0.3, 0.4) is 0 Å². The first kappa shape index (κ1) is 22.9. The van der Waals surface area contributed by atoms with Crippen LogP contribution in [0.1, 0.15) is 44.9 Å². The van der Waals surface area contributed by atoms with Crippen molar-refractivity contribution in [1.29, 1.82) is 0 Å². The van der Waals surface area contributed by atoms with E-state index in [0.29, 0.717) is 5.82 Å². The highest BCUT2D eigenvalue weighted by molar-refractivity contribution is 8.01. The summed E-state index contributed by atoms with van der Waals surface area (Å²) >= 11 is 1.60. The number of nitrogens with one attached hydrogen (secondary N) is 1. The fraction of sp³-hybridized carbons (Fsp3) is 0.179. The molecule has 35 heavy (non-hydrogen) atoms. The lowest BCUT2D eigenvalue weighted by Crippen LogP contribution is -2.22. The molecule has 7 heteroatoms. The van der Waals surface area contributed by atoms with Gasteiger partial charge in [0.05, 0.1) is 27.4 Å². The molecule has 0 spiro atoms. The maximum atomic E-state index is 12.9. The standard InChI is InChI=1S/C28H25N3O3S/c1-16-7-4-5-10-23(16)31-26-24(17(2)30-31)25(35-18(3)27(32)29-26)20-13-11-19(12-14-20)21-8-6-9-22(15-21)28(33)34/h4-15,18,25H,1-3H3,(H,29,32)(H,33,34)/t18-,25+/m0/s1. The number of aromatic nitrogens is 2. The average Bonchev–Trinajstić information content (AvgIpc) is 3.10. The topological polar surface area (TPSA) is 84.2 Å². The Morgan fingerprint density at radius 1 is 1.00 bits per heavy atom. The van der Waals surface area contributed by atoms with Crippen molar-refractivity contribution in [3.05, 3.63) is 101 Å². The maximum absolute atomic E-state index is 12.9. The summed E-state index contributed by atoms with van der Waals surface area (Å²) in [5, 5.41) is 16.9. The zero-order chi connectivity index (χ0) is 24.7. The van der Waals surface area contributed by atoms with E-state index in [4.69, 9.17) is 5.10 Å². The maximum Gasteiger partial charge on any atom is 0.335 e. The van der Waals surface area contributed by atoms with Gasteiger partial charge in [-0.3, -0.25) is 4.79 Å². The predicted molar refractivity (Wildman–Crippen MR) is 139 cm³/mol. The van der Waals surface area contributed by atoms with Crippen molar-refractivity contribution in [3.8, 4) is 16.8 Å². The van der Waals surface area contributed by atoms with Crippen LogP contribution in [-0.4, -0.2) is 32.0 Å². The first-order valence-electron chi connectivity index (χ1n) is 11.4. The highest BCUT2D eigenvalue weighted by Gasteiger charge is 2.34. The minimum absolute atomic E-state index is 0.0458. The molecule has 3 aromatic carbocycles. The second-order valence-corrected chi connectivity index (χ2v) is 10.2. The Bertz CT molecular complexity index is 1440. The molecule has 0 unspecified atom stereocenters. The third-order valence-corrected chi connectivity index (χ3v) is 7.72. The van der Waals surface area contributed by atoms with Crippen molar-refractivity contribution in [2.45, 2.75) is 31.3 Å². The zero-order valence-electron chi connectivity index (χ0n) is 19.6. The van der Waals surface area contributed by atoms with Crippen LogP contribution in [0.5, 0.6) is 0 Å². The summed E-state index contributed by atoms with van der Waals surface area (Å²) < 4.78 is 1.84. The molecule has 0 bridgehead atoms. The van der Waals surface area contributed by atoms with Crippen LogP contribution in [-0.2, 0) is 4.79 Å². The lowest BCUT2D eigenvalue weighted by Gasteiger charge is -2.18. The summed E-state index contributed by atoms with van der Waals surface area (Å²) in [7, 11) is 0. The first-order chi connectivity index (χ1) is 16.8. The lowest BCUT2D eigenvalue weighted by atomic mass is 9.98. The van der Waals surface area contributed by atoms with Gasteiger partial charge in [0.1, 0.15) is 5.82 Å². The molecule has 0 fully saturated rings. The number of aromatic carboxylic acids is 1. The first-order valence-corrected chi connectivity index (χ1v) is 12.3. The summed E-state index contributed by atoms with van der Waals surface area (Å²) in [4.78, 5) is 24.3. The van der Waals surface area contributed by atoms with Crippen molar-refractivity contribution in [1.82, 2.24) is 9.78 Å². The van der Waals surface area contributed by atoms with E-state index in [9.17, 15) is 14.7 Å². The molecule has 1 aliphatic heterocycles. The number of carboxylic acids is 1. The quantitative estimate of drug-likeness (QED) is 0.371. The van der Waals surface area contributed by atoms with Crippen molar-refractivity contribution < 1.29 is 14.7 Å². The number of para-hydroxylation sites is 1. The van der Waals surface area contributed by atoms with E-state index < -0.39 is 5.97 Å². The van der Waals surface area contributed by atoms with Gasteiger partial charge >= 0.3 is 5.97 Å². The SMILES string of the molecule is Cc1ccccc1-n1nc(C)c2c1NC(=O)[C@H](C)S[C@@H]2c1ccc(-c2cccc(C(=O)O)c2)cc1. The largest absolute Gasteiger partial charge is 0.478 e. The Kier molecular flexibility index (Phi) is 5.94. The fourth-order valence-electron chi connectivity index (χ4n) is 4.43. The highest BCUT2D eigenvalue weighted by Crippen LogP contribution is 2.46. The molecule has 1 aliphatic rings. The molecule has 2 N–H and O–H groups in total. The number of hydrogen-bond acceptors (Lipinski definition) is 4. The van der Waals surface area contributed by atoms with Crippen LogP contribution in [0, 0.1) is 13.8 Å². The molecule has 176 valence electrons. The van der Waals surface area contributed by atoms with Crippen molar-refractivity contribution >= 4 is 29.5 Å². The number of carbonyl (C=O) groups excluding carboxylic acids is 1. The van der Waals surface area contributed by atoms with E-state index in [1.54, 1.807) is 30.0 Å². The Morgan fingerprint density at radius 3 is 2.46 bits per heavy atom. The molecular formula is C28H25N3O3S. The Hall–Kier alpha value is -3.84. The van der Waals surface area contributed by atoms with Crippen molar-refractivity contribution in [3.63, 3.8) is 0 Å². The van der Waals surface area contributed by atoms with Crippen LogP contribution in [0.2, 0.25) is 0 Å². The zero-order valence-corrected chi connectivity index (χ0v) is 20.5. The van der Waals surface area contributed by atoms with E-state index in [2.05, 4.69) is 17.4 Å². The molecule has 2 atom stereocenters. The fourth-order valence-corrected chi connectivity index (χ4v) is 5.75. The van der Waals surface area contributed by atoms with Gasteiger partial charge in [-0.1, -0.05) is 54.6 Å². The summed E-state index contributed by atoms with van der Waals surface area (Å²) in [5.74, 6) is -0.282. The van der Waals surface area contributed by atoms with Gasteiger partial charge in [-0.2, -0.15) is 5.10 Å². The van der Waals surface area contributed by atoms with Gasteiger partial charge in [-0.25, -0.2) is 9.48 Å². The van der Waals surface area contributed by atoms with E-state index in [0.717, 1.165) is 39.2 Å². The number of thioether (sulfide) groups is 1. The minimum Gasteiger partial charge on any atom is -0.478 e. The third kappa shape index (κ3) is 4.23. The molecule has 0 aliphatic carbocycles. The molecular weight excluding hydrogens is 458 g/mol. The molecule has 0 saturated carbocycles. The third-order valence-electron chi connectivity index (χ3n) is 6.32. The van der Waals surface area contributed by atoms with E-state index >= 15 is 0 Å². The van der Waals surface area contributed by atoms with Crippen LogP contribution < -0.4 is 5.32 Å². The Balaban J connectivity index is 1.58. The molecule has 1 aromatic heterocycles. The number of rotatable bonds is 4. The normalized spacial score (nSPS) is 17.4. The number of aryl methyl sites for hydroxylation is 2. The Labute approximate surface area is 208 Å². The molecule has 0 saturated heterocycles. The second-order valence-electron chi connectivity index (χ2n) is 8.70. The Morgan fingerprint density at radius 2 is 1.74 bits per heavy atom. The van der Waals surface area contributed by atoms with E-state index in [1.165, 1.54) is 0 Å². The van der Waals surface area contributed by atoms with Crippen LogP contribution in [0.15, 0.2) is 72.8 Å². The van der Waals surface area contributed by atoms with E-state index in [1.807, 2.05) is 67.9 Å². The number of nitrogens with zero attached hydrogens (tertiary/aromatic N) is 2. The van der Waals surface area contributed by atoms with Gasteiger partial charge in [0.2, 0.25) is 5.91 Å². The van der Waals surface area contributed by atoms with Crippen molar-refractivity contribution in [2.75, 3.05) is 5.32 Å². The molecule has 4 aromatic rings. The number of fused-ring (bicyclic) bond motifs is 1. The smallest absolute Gasteiger partial charge is 0.335 e. The number of anilines is 1. The van der Waals surface area contributed by atoms with Gasteiger partial charge in [0.15, 0.2) is 0 Å². The van der Waals surface area contributed by atoms with Gasteiger partial charge in [-0.05, 0) is 61.2 Å². The summed E-state index contributed by atoms with van der Waals surface area (Å²) in [5.41, 5.74) is 6.97. The van der Waals surface area contributed by atoms with Gasteiger partial charge in [-0.15, -0.1) is 11.8 Å². The van der Waals surface area contributed by atoms with Gasteiger partial charge in [0, 0.05) is 5.56 Å². The second kappa shape index (κ2) is 9.07. The molecule has 1 amide bonds. The van der Waals surface area contributed by atoms with Crippen molar-refractivity contribution in [2.24, 2.45) is 0 Å². The number of amides is 1. The van der Waals surface area contributed by atoms with E-state index in [-0.39, 0.29) is 22.0 Å². The minimum atomic E-state index is -0.946. The highest BCUT2D eigenvalue weighted by atomic mass is 32.2. The summed E-state index contributed by atoms with van der Waals surface area (Å²) in [6.45, 7) is 5.94. The van der Waals surface area contributed by atoms with Gasteiger partial charge < -0.3 is 10.4 Å². The molecule has 6 nitrogen and oxygen atoms in total. The lowest BCUT2D eigenvalue weighted by molar-refractivity contribution is -0.115. The summed E-state index contributed by atoms with van der Waals surface area (Å²) in [6.07, 6.45) is 0. The average molecular weight is 484 g/mol. The molecule has 2 heterocycles. The van der Waals surface area contributed by atoms with Crippen LogP contribution >= 0.6 is 11.8 Å². The number of benzene rings is 3.